The SMILES string of the molecule is COc1cccc(CC(=O)c2cc(C)c(Br)cc2C)c1. The molecule has 0 N–H and O–H groups in total. The molecule has 2 rings (SSSR count). The number of rotatable bonds is 4. The van der Waals surface area contributed by atoms with Gasteiger partial charge in [0.05, 0.1) is 7.11 Å². The van der Waals surface area contributed by atoms with Crippen molar-refractivity contribution in [3.8, 4) is 5.75 Å². The lowest BCUT2D eigenvalue weighted by molar-refractivity contribution is 0.0992. The highest BCUT2D eigenvalue weighted by molar-refractivity contribution is 9.10. The van der Waals surface area contributed by atoms with Crippen LogP contribution in [0.1, 0.15) is 27.0 Å². The minimum Gasteiger partial charge on any atom is -0.497 e. The Morgan fingerprint density at radius 3 is 2.60 bits per heavy atom. The summed E-state index contributed by atoms with van der Waals surface area (Å²) in [7, 11) is 1.63. The summed E-state index contributed by atoms with van der Waals surface area (Å²) in [5.41, 5.74) is 3.82. The molecule has 0 aliphatic carbocycles. The van der Waals surface area contributed by atoms with Gasteiger partial charge < -0.3 is 4.74 Å². The molecule has 0 atom stereocenters. The molecule has 0 unspecified atom stereocenters. The van der Waals surface area contributed by atoms with E-state index in [2.05, 4.69) is 15.9 Å². The molecule has 0 bridgehead atoms. The summed E-state index contributed by atoms with van der Waals surface area (Å²) in [4.78, 5) is 12.4. The highest BCUT2D eigenvalue weighted by Crippen LogP contribution is 2.23. The number of methoxy groups -OCH3 is 1. The van der Waals surface area contributed by atoms with Crippen LogP contribution in [0.15, 0.2) is 40.9 Å². The molecule has 0 aromatic heterocycles. The Balaban J connectivity index is 2.26. The molecular weight excluding hydrogens is 316 g/mol. The molecule has 2 aromatic carbocycles. The fraction of sp³-hybridized carbons (Fsp3) is 0.235. The third-order valence-corrected chi connectivity index (χ3v) is 4.16. The van der Waals surface area contributed by atoms with Crippen molar-refractivity contribution in [1.82, 2.24) is 0 Å². The fourth-order valence-corrected chi connectivity index (χ4v) is 2.60. The molecule has 0 heterocycles. The Hall–Kier alpha value is -1.61. The number of halogens is 1. The van der Waals surface area contributed by atoms with Gasteiger partial charge in [0, 0.05) is 16.5 Å². The Morgan fingerprint density at radius 1 is 1.15 bits per heavy atom. The molecule has 0 aliphatic heterocycles. The number of carbonyl (C=O) groups excluding carboxylic acids is 1. The molecule has 0 spiro atoms. The maximum absolute atomic E-state index is 12.4. The van der Waals surface area contributed by atoms with Crippen LogP contribution in [-0.4, -0.2) is 12.9 Å². The van der Waals surface area contributed by atoms with Crippen molar-refractivity contribution in [2.24, 2.45) is 0 Å². The van der Waals surface area contributed by atoms with Crippen molar-refractivity contribution in [2.75, 3.05) is 7.11 Å². The first kappa shape index (κ1) is 14.8. The molecule has 20 heavy (non-hydrogen) atoms. The average Bonchev–Trinajstić information content (AvgIpc) is 2.43. The zero-order valence-electron chi connectivity index (χ0n) is 11.9. The van der Waals surface area contributed by atoms with Crippen LogP contribution < -0.4 is 4.74 Å². The Labute approximate surface area is 127 Å². The zero-order valence-corrected chi connectivity index (χ0v) is 13.5. The second-order valence-corrected chi connectivity index (χ2v) is 5.72. The largest absolute Gasteiger partial charge is 0.497 e. The first-order valence-electron chi connectivity index (χ1n) is 6.44. The van der Waals surface area contributed by atoms with E-state index in [1.54, 1.807) is 7.11 Å². The van der Waals surface area contributed by atoms with Gasteiger partial charge in [-0.3, -0.25) is 4.79 Å². The van der Waals surface area contributed by atoms with Crippen LogP contribution in [0.4, 0.5) is 0 Å². The summed E-state index contributed by atoms with van der Waals surface area (Å²) < 4.78 is 6.22. The van der Waals surface area contributed by atoms with Crippen LogP contribution in [0, 0.1) is 13.8 Å². The fourth-order valence-electron chi connectivity index (χ4n) is 2.14. The van der Waals surface area contributed by atoms with Crippen LogP contribution >= 0.6 is 15.9 Å². The van der Waals surface area contributed by atoms with E-state index < -0.39 is 0 Å². The van der Waals surface area contributed by atoms with Gasteiger partial charge >= 0.3 is 0 Å². The number of aryl methyl sites for hydroxylation is 2. The van der Waals surface area contributed by atoms with E-state index in [1.165, 1.54) is 0 Å². The quantitative estimate of drug-likeness (QED) is 0.770. The summed E-state index contributed by atoms with van der Waals surface area (Å²) in [5.74, 6) is 0.908. The van der Waals surface area contributed by atoms with Crippen molar-refractivity contribution in [1.29, 1.82) is 0 Å². The molecule has 2 nitrogen and oxygen atoms in total. The van der Waals surface area contributed by atoms with Gasteiger partial charge in [0.15, 0.2) is 5.78 Å². The first-order valence-corrected chi connectivity index (χ1v) is 7.23. The highest BCUT2D eigenvalue weighted by Gasteiger charge is 2.12. The van der Waals surface area contributed by atoms with Crippen LogP contribution in [0.5, 0.6) is 5.75 Å². The van der Waals surface area contributed by atoms with E-state index in [1.807, 2.05) is 50.2 Å². The van der Waals surface area contributed by atoms with Crippen molar-refractivity contribution in [2.45, 2.75) is 20.3 Å². The molecule has 2 aromatic rings. The van der Waals surface area contributed by atoms with Crippen LogP contribution in [0.3, 0.4) is 0 Å². The number of ketones is 1. The molecule has 0 amide bonds. The lowest BCUT2D eigenvalue weighted by Gasteiger charge is -2.09. The van der Waals surface area contributed by atoms with E-state index in [0.717, 1.165) is 32.5 Å². The minimum atomic E-state index is 0.131. The van der Waals surface area contributed by atoms with E-state index in [-0.39, 0.29) is 5.78 Å². The van der Waals surface area contributed by atoms with Gasteiger partial charge in [-0.15, -0.1) is 0 Å². The summed E-state index contributed by atoms with van der Waals surface area (Å²) in [6.07, 6.45) is 0.388. The highest BCUT2D eigenvalue weighted by atomic mass is 79.9. The van der Waals surface area contributed by atoms with Crippen LogP contribution in [-0.2, 0) is 6.42 Å². The Bertz CT molecular complexity index is 647. The minimum absolute atomic E-state index is 0.131. The normalized spacial score (nSPS) is 10.4. The number of Topliss-reactive ketones (excluding diaryl/α,β-unsaturated/α-hetero) is 1. The first-order chi connectivity index (χ1) is 9.51. The zero-order chi connectivity index (χ0) is 14.7. The van der Waals surface area contributed by atoms with Gasteiger partial charge in [-0.25, -0.2) is 0 Å². The van der Waals surface area contributed by atoms with Crippen molar-refractivity contribution in [3.63, 3.8) is 0 Å². The molecule has 0 fully saturated rings. The number of hydrogen-bond acceptors (Lipinski definition) is 2. The standard InChI is InChI=1S/C17H17BrO2/c1-11-8-16(18)12(2)7-15(11)17(19)10-13-5-4-6-14(9-13)20-3/h4-9H,10H2,1-3H3. The number of ether oxygens (including phenoxy) is 1. The average molecular weight is 333 g/mol. The van der Waals surface area contributed by atoms with Crippen molar-refractivity contribution < 1.29 is 9.53 Å². The topological polar surface area (TPSA) is 26.3 Å². The predicted octanol–water partition coefficient (Wildman–Crippen LogP) is 4.50. The summed E-state index contributed by atoms with van der Waals surface area (Å²) in [6.45, 7) is 3.95. The van der Waals surface area contributed by atoms with Crippen LogP contribution in [0.2, 0.25) is 0 Å². The molecule has 104 valence electrons. The predicted molar refractivity (Wildman–Crippen MR) is 84.6 cm³/mol. The molecule has 0 saturated heterocycles. The van der Waals surface area contributed by atoms with Crippen molar-refractivity contribution >= 4 is 21.7 Å². The molecule has 3 heteroatoms. The third-order valence-electron chi connectivity index (χ3n) is 3.30. The smallest absolute Gasteiger partial charge is 0.167 e. The van der Waals surface area contributed by atoms with Gasteiger partial charge in [-0.05, 0) is 54.8 Å². The van der Waals surface area contributed by atoms with Gasteiger partial charge in [0.1, 0.15) is 5.75 Å². The molecular formula is C17H17BrO2. The van der Waals surface area contributed by atoms with E-state index in [4.69, 9.17) is 4.74 Å². The van der Waals surface area contributed by atoms with E-state index in [9.17, 15) is 4.79 Å². The summed E-state index contributed by atoms with van der Waals surface area (Å²) in [6, 6.07) is 11.6. The van der Waals surface area contributed by atoms with E-state index >= 15 is 0 Å². The summed E-state index contributed by atoms with van der Waals surface area (Å²) >= 11 is 3.49. The maximum Gasteiger partial charge on any atom is 0.167 e. The Morgan fingerprint density at radius 2 is 1.90 bits per heavy atom. The lowest BCUT2D eigenvalue weighted by Crippen LogP contribution is -2.06. The third kappa shape index (κ3) is 3.28. The second kappa shape index (κ2) is 6.23. The lowest BCUT2D eigenvalue weighted by atomic mass is 9.97. The number of benzene rings is 2. The molecule has 0 saturated carbocycles. The van der Waals surface area contributed by atoms with Gasteiger partial charge in [0.25, 0.3) is 0 Å². The maximum atomic E-state index is 12.4. The van der Waals surface area contributed by atoms with Gasteiger partial charge in [-0.2, -0.15) is 0 Å². The number of carbonyl (C=O) groups is 1. The van der Waals surface area contributed by atoms with Gasteiger partial charge in [0.2, 0.25) is 0 Å². The molecule has 0 aliphatic rings. The van der Waals surface area contributed by atoms with Gasteiger partial charge in [-0.1, -0.05) is 28.1 Å². The number of hydrogen-bond donors (Lipinski definition) is 0. The molecule has 0 radical (unpaired) electrons. The summed E-state index contributed by atoms with van der Waals surface area (Å²) in [5, 5.41) is 0. The Kier molecular flexibility index (Phi) is 4.61. The monoisotopic (exact) mass is 332 g/mol. The van der Waals surface area contributed by atoms with Crippen LogP contribution in [0.25, 0.3) is 0 Å². The van der Waals surface area contributed by atoms with E-state index in [0.29, 0.717) is 6.42 Å². The second-order valence-electron chi connectivity index (χ2n) is 4.87. The van der Waals surface area contributed by atoms with Crippen molar-refractivity contribution in [3.05, 3.63) is 63.1 Å².